The van der Waals surface area contributed by atoms with Crippen LogP contribution in [0, 0.1) is 26.7 Å². The maximum Gasteiger partial charge on any atom is 0.319 e. The first-order chi connectivity index (χ1) is 18.2. The molecule has 9 nitrogen and oxygen atoms in total. The number of thiophene rings is 1. The largest absolute Gasteiger partial charge is 0.481 e. The van der Waals surface area contributed by atoms with Crippen molar-refractivity contribution in [3.63, 3.8) is 0 Å². The molecule has 2 aromatic carbocycles. The van der Waals surface area contributed by atoms with Crippen LogP contribution in [0.15, 0.2) is 59.6 Å². The predicted octanol–water partition coefficient (Wildman–Crippen LogP) is 5.19. The average molecular weight is 529 g/mol. The smallest absolute Gasteiger partial charge is 0.319 e. The molecule has 1 aliphatic heterocycles. The predicted molar refractivity (Wildman–Crippen MR) is 147 cm³/mol. The van der Waals surface area contributed by atoms with E-state index in [1.165, 1.54) is 0 Å². The number of hydrogen-bond acceptors (Lipinski definition) is 6. The van der Waals surface area contributed by atoms with Crippen LogP contribution in [0.4, 0.5) is 10.5 Å². The average Bonchev–Trinajstić information content (AvgIpc) is 3.38. The van der Waals surface area contributed by atoms with E-state index in [0.29, 0.717) is 29.6 Å². The topological polar surface area (TPSA) is 122 Å². The number of aliphatic carboxylic acids is 1. The highest BCUT2D eigenvalue weighted by Crippen LogP contribution is 2.40. The van der Waals surface area contributed by atoms with Crippen LogP contribution in [-0.2, 0) is 11.3 Å². The summed E-state index contributed by atoms with van der Waals surface area (Å²) < 4.78 is 1.94. The quantitative estimate of drug-likeness (QED) is 0.318. The van der Waals surface area contributed by atoms with Crippen molar-refractivity contribution in [3.05, 3.63) is 93.4 Å². The van der Waals surface area contributed by atoms with E-state index in [1.807, 2.05) is 73.0 Å². The van der Waals surface area contributed by atoms with Gasteiger partial charge >= 0.3 is 12.0 Å². The molecule has 2 atom stereocenters. The Hall–Kier alpha value is -4.31. The summed E-state index contributed by atoms with van der Waals surface area (Å²) >= 11 is 1.62. The van der Waals surface area contributed by atoms with Gasteiger partial charge in [-0.1, -0.05) is 42.5 Å². The number of hydrogen-bond donors (Lipinski definition) is 3. The van der Waals surface area contributed by atoms with Gasteiger partial charge in [0.15, 0.2) is 5.82 Å². The van der Waals surface area contributed by atoms with E-state index >= 15 is 0 Å². The monoisotopic (exact) mass is 528 g/mol. The van der Waals surface area contributed by atoms with Crippen LogP contribution >= 0.6 is 11.3 Å². The molecule has 4 aromatic rings. The number of anilines is 1. The summed E-state index contributed by atoms with van der Waals surface area (Å²) in [4.78, 5) is 30.6. The second kappa shape index (κ2) is 10.2. The molecule has 194 valence electrons. The lowest BCUT2D eigenvalue weighted by atomic mass is 9.98. The van der Waals surface area contributed by atoms with Crippen molar-refractivity contribution < 1.29 is 14.7 Å². The molecule has 0 fully saturated rings. The van der Waals surface area contributed by atoms with Gasteiger partial charge in [-0.05, 0) is 51.0 Å². The van der Waals surface area contributed by atoms with Gasteiger partial charge in [-0.3, -0.25) is 14.4 Å². The van der Waals surface area contributed by atoms with Gasteiger partial charge in [0, 0.05) is 28.2 Å². The fourth-order valence-electron chi connectivity index (χ4n) is 4.48. The number of carboxylic acids is 1. The molecule has 3 N–H and O–H groups in total. The maximum atomic E-state index is 12.4. The van der Waals surface area contributed by atoms with E-state index in [-0.39, 0.29) is 6.03 Å². The minimum Gasteiger partial charge on any atom is -0.481 e. The van der Waals surface area contributed by atoms with Gasteiger partial charge in [0.05, 0.1) is 11.6 Å². The van der Waals surface area contributed by atoms with Crippen molar-refractivity contribution in [3.8, 4) is 5.00 Å². The third-order valence-electron chi connectivity index (χ3n) is 6.76. The van der Waals surface area contributed by atoms with Gasteiger partial charge in [0.2, 0.25) is 0 Å². The molecule has 1 aliphatic rings. The summed E-state index contributed by atoms with van der Waals surface area (Å²) in [5.41, 5.74) is 5.19. The minimum absolute atomic E-state index is 0.302. The first-order valence-electron chi connectivity index (χ1n) is 12.3. The Labute approximate surface area is 224 Å². The summed E-state index contributed by atoms with van der Waals surface area (Å²) in [5.74, 6) is -0.563. The van der Waals surface area contributed by atoms with Gasteiger partial charge in [0.25, 0.3) is 0 Å². The van der Waals surface area contributed by atoms with E-state index in [9.17, 15) is 14.7 Å². The van der Waals surface area contributed by atoms with Crippen LogP contribution in [0.25, 0.3) is 5.00 Å². The number of nitrogens with zero attached hydrogens (tertiary/aromatic N) is 4. The highest BCUT2D eigenvalue weighted by atomic mass is 32.1. The van der Waals surface area contributed by atoms with Crippen molar-refractivity contribution in [2.75, 3.05) is 5.32 Å². The molecule has 2 amide bonds. The second-order valence-electron chi connectivity index (χ2n) is 9.32. The number of urea groups is 1. The van der Waals surface area contributed by atoms with Crippen molar-refractivity contribution in [2.45, 2.75) is 40.3 Å². The lowest BCUT2D eigenvalue weighted by Crippen LogP contribution is -2.28. The molecule has 0 bridgehead atoms. The highest BCUT2D eigenvalue weighted by molar-refractivity contribution is 7.15. The number of carboxylic acid groups (broad SMARTS) is 1. The molecule has 1 unspecified atom stereocenters. The summed E-state index contributed by atoms with van der Waals surface area (Å²) in [7, 11) is 0. The van der Waals surface area contributed by atoms with Crippen LogP contribution in [-0.4, -0.2) is 37.6 Å². The Morgan fingerprint density at radius 1 is 1.05 bits per heavy atom. The van der Waals surface area contributed by atoms with Gasteiger partial charge in [-0.15, -0.1) is 21.5 Å². The van der Waals surface area contributed by atoms with Crippen LogP contribution in [0.1, 0.15) is 51.7 Å². The lowest BCUT2D eigenvalue weighted by Gasteiger charge is -2.16. The zero-order valence-corrected chi connectivity index (χ0v) is 22.3. The standard InChI is InChI=1S/C28H28N6O3S/c1-15-17(3)38-26-22(15)24(31-23(16(2)27(35)36)25-33-32-18(4)34(25)26)20-10-12-21(13-11-20)30-28(37)29-14-19-8-6-5-7-9-19/h5-13,16,23H,14H2,1-4H3,(H,35,36)(H2,29,30,37)/t16-,23?/m0/s1. The van der Waals surface area contributed by atoms with Gasteiger partial charge in [-0.2, -0.15) is 0 Å². The van der Waals surface area contributed by atoms with Gasteiger partial charge in [-0.25, -0.2) is 4.79 Å². The Bertz CT molecular complexity index is 1540. The highest BCUT2D eigenvalue weighted by Gasteiger charge is 2.36. The summed E-state index contributed by atoms with van der Waals surface area (Å²) in [5, 5.41) is 25.1. The molecule has 2 aromatic heterocycles. The van der Waals surface area contributed by atoms with Crippen LogP contribution < -0.4 is 10.6 Å². The normalized spacial score (nSPS) is 15.1. The Balaban J connectivity index is 1.48. The molecule has 0 saturated heterocycles. The van der Waals surface area contributed by atoms with E-state index in [1.54, 1.807) is 18.3 Å². The molecule has 0 aliphatic carbocycles. The van der Waals surface area contributed by atoms with Crippen molar-refractivity contribution >= 4 is 34.7 Å². The third kappa shape index (κ3) is 4.70. The number of carbonyl (C=O) groups excluding carboxylic acids is 1. The first kappa shape index (κ1) is 25.3. The Morgan fingerprint density at radius 3 is 2.45 bits per heavy atom. The molecule has 0 radical (unpaired) electrons. The molecule has 0 spiro atoms. The zero-order valence-electron chi connectivity index (χ0n) is 21.5. The van der Waals surface area contributed by atoms with Crippen LogP contribution in [0.3, 0.4) is 0 Å². The lowest BCUT2D eigenvalue weighted by molar-refractivity contribution is -0.141. The molecular weight excluding hydrogens is 500 g/mol. The number of benzene rings is 2. The number of rotatable bonds is 6. The van der Waals surface area contributed by atoms with Crippen molar-refractivity contribution in [1.82, 2.24) is 20.1 Å². The molecule has 5 rings (SSSR count). The third-order valence-corrected chi connectivity index (χ3v) is 7.96. The molecule has 10 heteroatoms. The Kier molecular flexibility index (Phi) is 6.81. The fraction of sp³-hybridized carbons (Fsp3) is 0.250. The minimum atomic E-state index is -0.954. The first-order valence-corrected chi connectivity index (χ1v) is 13.1. The van der Waals surface area contributed by atoms with Crippen LogP contribution in [0.5, 0.6) is 0 Å². The number of carbonyl (C=O) groups is 2. The van der Waals surface area contributed by atoms with Crippen LogP contribution in [0.2, 0.25) is 0 Å². The van der Waals surface area contributed by atoms with E-state index in [4.69, 9.17) is 4.99 Å². The maximum absolute atomic E-state index is 12.4. The number of aliphatic imine (C=N–C) groups is 1. The van der Waals surface area contributed by atoms with E-state index < -0.39 is 17.9 Å². The summed E-state index contributed by atoms with van der Waals surface area (Å²) in [6.07, 6.45) is 0. The van der Waals surface area contributed by atoms with E-state index in [0.717, 1.165) is 32.1 Å². The summed E-state index contributed by atoms with van der Waals surface area (Å²) in [6.45, 7) is 8.04. The van der Waals surface area contributed by atoms with Crippen molar-refractivity contribution in [1.29, 1.82) is 0 Å². The van der Waals surface area contributed by atoms with Gasteiger partial charge < -0.3 is 15.7 Å². The second-order valence-corrected chi connectivity index (χ2v) is 10.5. The number of amides is 2. The molecule has 38 heavy (non-hydrogen) atoms. The number of aryl methyl sites for hydroxylation is 2. The Morgan fingerprint density at radius 2 is 1.76 bits per heavy atom. The zero-order chi connectivity index (χ0) is 27.0. The van der Waals surface area contributed by atoms with Gasteiger partial charge in [0.1, 0.15) is 16.9 Å². The molecular formula is C28H28N6O3S. The number of aromatic nitrogens is 3. The fourth-order valence-corrected chi connectivity index (χ4v) is 5.70. The number of nitrogens with one attached hydrogen (secondary N) is 2. The molecule has 0 saturated carbocycles. The number of fused-ring (bicyclic) bond motifs is 3. The SMILES string of the molecule is Cc1sc2c(c1C)C(c1ccc(NC(=O)NCc3ccccc3)cc1)=NC([C@H](C)C(=O)O)c1nnc(C)n1-2. The van der Waals surface area contributed by atoms with Crippen molar-refractivity contribution in [2.24, 2.45) is 10.9 Å². The summed E-state index contributed by atoms with van der Waals surface area (Å²) in [6, 6.07) is 16.1. The van der Waals surface area contributed by atoms with E-state index in [2.05, 4.69) is 27.8 Å². The molecule has 3 heterocycles.